The molecule has 0 amide bonds. The summed E-state index contributed by atoms with van der Waals surface area (Å²) in [4.78, 5) is 0. The molecule has 1 aromatic heterocycles. The molecule has 4 heteroatoms. The highest BCUT2D eigenvalue weighted by molar-refractivity contribution is 5.78. The summed E-state index contributed by atoms with van der Waals surface area (Å²) in [5.41, 5.74) is 3.37. The third-order valence-corrected chi connectivity index (χ3v) is 4.88. The Morgan fingerprint density at radius 1 is 1.40 bits per heavy atom. The number of furan rings is 1. The minimum Gasteiger partial charge on any atom is -0.456 e. The molecule has 1 saturated carbocycles. The van der Waals surface area contributed by atoms with Crippen molar-refractivity contribution in [2.75, 3.05) is 0 Å². The number of hydrazine groups is 1. The standard InChI is InChI=1S/C16H21FN2O/c1-2-16(8-3-4-9-16)15(19-18)13-10-11-6-5-7-12(17)14(11)20-13/h5-7,10,15,19H,2-4,8-9,18H2,1H3. The quantitative estimate of drug-likeness (QED) is 0.654. The monoisotopic (exact) mass is 276 g/mol. The zero-order valence-corrected chi connectivity index (χ0v) is 11.8. The number of rotatable bonds is 4. The molecule has 20 heavy (non-hydrogen) atoms. The van der Waals surface area contributed by atoms with Crippen molar-refractivity contribution in [3.63, 3.8) is 0 Å². The molecule has 3 rings (SSSR count). The number of nitrogens with one attached hydrogen (secondary N) is 1. The van der Waals surface area contributed by atoms with Crippen LogP contribution in [0.4, 0.5) is 4.39 Å². The first-order valence-electron chi connectivity index (χ1n) is 7.34. The van der Waals surface area contributed by atoms with E-state index in [-0.39, 0.29) is 17.3 Å². The number of nitrogens with two attached hydrogens (primary N) is 1. The topological polar surface area (TPSA) is 51.2 Å². The predicted molar refractivity (Wildman–Crippen MR) is 77.4 cm³/mol. The Hall–Kier alpha value is -1.39. The van der Waals surface area contributed by atoms with E-state index < -0.39 is 0 Å². The van der Waals surface area contributed by atoms with E-state index in [1.807, 2.05) is 12.1 Å². The molecular weight excluding hydrogens is 255 g/mol. The van der Waals surface area contributed by atoms with Crippen LogP contribution in [0.15, 0.2) is 28.7 Å². The lowest BCUT2D eigenvalue weighted by molar-refractivity contribution is 0.168. The van der Waals surface area contributed by atoms with E-state index in [1.54, 1.807) is 6.07 Å². The van der Waals surface area contributed by atoms with E-state index in [0.717, 1.165) is 30.4 Å². The lowest BCUT2D eigenvalue weighted by Gasteiger charge is -2.35. The average Bonchev–Trinajstić information content (AvgIpc) is 3.08. The molecule has 3 N–H and O–H groups in total. The van der Waals surface area contributed by atoms with Gasteiger partial charge in [-0.1, -0.05) is 31.9 Å². The van der Waals surface area contributed by atoms with Crippen molar-refractivity contribution in [1.29, 1.82) is 0 Å². The highest BCUT2D eigenvalue weighted by Crippen LogP contribution is 2.50. The van der Waals surface area contributed by atoms with Gasteiger partial charge in [0.05, 0.1) is 6.04 Å². The molecule has 0 radical (unpaired) electrons. The SMILES string of the molecule is CCC1(C(NN)c2cc3cccc(F)c3o2)CCCC1. The van der Waals surface area contributed by atoms with E-state index in [4.69, 9.17) is 10.3 Å². The Morgan fingerprint density at radius 2 is 2.15 bits per heavy atom. The van der Waals surface area contributed by atoms with E-state index in [0.29, 0.717) is 5.58 Å². The van der Waals surface area contributed by atoms with E-state index in [9.17, 15) is 4.39 Å². The largest absolute Gasteiger partial charge is 0.456 e. The highest BCUT2D eigenvalue weighted by atomic mass is 19.1. The number of fused-ring (bicyclic) bond motifs is 1. The van der Waals surface area contributed by atoms with Gasteiger partial charge in [0.25, 0.3) is 0 Å². The number of hydrogen-bond acceptors (Lipinski definition) is 3. The summed E-state index contributed by atoms with van der Waals surface area (Å²) in [7, 11) is 0. The molecule has 1 unspecified atom stereocenters. The number of benzene rings is 1. The van der Waals surface area contributed by atoms with Gasteiger partial charge >= 0.3 is 0 Å². The molecule has 0 saturated heterocycles. The van der Waals surface area contributed by atoms with Crippen LogP contribution < -0.4 is 11.3 Å². The van der Waals surface area contributed by atoms with Crippen LogP contribution in [0.2, 0.25) is 0 Å². The molecule has 0 spiro atoms. The summed E-state index contributed by atoms with van der Waals surface area (Å²) in [6.45, 7) is 2.19. The Labute approximate surface area is 118 Å². The zero-order chi connectivity index (χ0) is 14.2. The zero-order valence-electron chi connectivity index (χ0n) is 11.8. The van der Waals surface area contributed by atoms with Gasteiger partial charge in [-0.25, -0.2) is 9.82 Å². The van der Waals surface area contributed by atoms with Gasteiger partial charge in [-0.2, -0.15) is 0 Å². The van der Waals surface area contributed by atoms with Crippen molar-refractivity contribution < 1.29 is 8.81 Å². The summed E-state index contributed by atoms with van der Waals surface area (Å²) in [5, 5.41) is 0.796. The van der Waals surface area contributed by atoms with Crippen molar-refractivity contribution in [3.05, 3.63) is 35.8 Å². The maximum Gasteiger partial charge on any atom is 0.169 e. The Bertz CT molecular complexity index is 602. The molecular formula is C16H21FN2O. The Balaban J connectivity index is 2.05. The molecule has 1 aliphatic carbocycles. The lowest BCUT2D eigenvalue weighted by atomic mass is 9.75. The van der Waals surface area contributed by atoms with Crippen molar-refractivity contribution in [2.24, 2.45) is 11.3 Å². The fraction of sp³-hybridized carbons (Fsp3) is 0.500. The lowest BCUT2D eigenvalue weighted by Crippen LogP contribution is -2.39. The second-order valence-electron chi connectivity index (χ2n) is 5.83. The first-order valence-corrected chi connectivity index (χ1v) is 7.34. The predicted octanol–water partition coefficient (Wildman–Crippen LogP) is 4.05. The number of halogens is 1. The van der Waals surface area contributed by atoms with Crippen LogP contribution in [-0.4, -0.2) is 0 Å². The van der Waals surface area contributed by atoms with Crippen molar-refractivity contribution in [2.45, 2.75) is 45.1 Å². The third kappa shape index (κ3) is 2.03. The van der Waals surface area contributed by atoms with E-state index in [2.05, 4.69) is 12.3 Å². The maximum atomic E-state index is 13.8. The fourth-order valence-corrected chi connectivity index (χ4v) is 3.68. The first-order chi connectivity index (χ1) is 9.70. The van der Waals surface area contributed by atoms with Gasteiger partial charge in [-0.15, -0.1) is 0 Å². The van der Waals surface area contributed by atoms with Crippen molar-refractivity contribution in [1.82, 2.24) is 5.43 Å². The smallest absolute Gasteiger partial charge is 0.169 e. The minimum atomic E-state index is -0.318. The molecule has 3 nitrogen and oxygen atoms in total. The number of hydrogen-bond donors (Lipinski definition) is 2. The van der Waals surface area contributed by atoms with Crippen LogP contribution in [0.5, 0.6) is 0 Å². The van der Waals surface area contributed by atoms with Crippen LogP contribution in [0, 0.1) is 11.2 Å². The van der Waals surface area contributed by atoms with Gasteiger partial charge in [0.1, 0.15) is 5.76 Å². The summed E-state index contributed by atoms with van der Waals surface area (Å²) < 4.78 is 19.5. The Morgan fingerprint density at radius 3 is 2.75 bits per heavy atom. The molecule has 1 aromatic carbocycles. The normalized spacial score (nSPS) is 19.6. The molecule has 1 heterocycles. The molecule has 1 fully saturated rings. The molecule has 108 valence electrons. The van der Waals surface area contributed by atoms with E-state index >= 15 is 0 Å². The van der Waals surface area contributed by atoms with Crippen LogP contribution in [-0.2, 0) is 0 Å². The van der Waals surface area contributed by atoms with Crippen molar-refractivity contribution in [3.8, 4) is 0 Å². The van der Waals surface area contributed by atoms with Gasteiger partial charge in [-0.3, -0.25) is 5.84 Å². The van der Waals surface area contributed by atoms with E-state index in [1.165, 1.54) is 18.9 Å². The highest BCUT2D eigenvalue weighted by Gasteiger charge is 2.41. The molecule has 1 aliphatic rings. The van der Waals surface area contributed by atoms with Gasteiger partial charge in [0, 0.05) is 5.39 Å². The van der Waals surface area contributed by atoms with Crippen LogP contribution in [0.3, 0.4) is 0 Å². The van der Waals surface area contributed by atoms with Gasteiger partial charge in [-0.05, 0) is 36.8 Å². The summed E-state index contributed by atoms with van der Waals surface area (Å²) in [6, 6.07) is 6.85. The average molecular weight is 276 g/mol. The molecule has 2 aromatic rings. The molecule has 0 bridgehead atoms. The minimum absolute atomic E-state index is 0.0539. The summed E-state index contributed by atoms with van der Waals surface area (Å²) >= 11 is 0. The molecule has 0 aliphatic heterocycles. The first kappa shape index (κ1) is 13.6. The second-order valence-corrected chi connectivity index (χ2v) is 5.83. The molecule has 1 atom stereocenters. The van der Waals surface area contributed by atoms with Gasteiger partial charge in [0.15, 0.2) is 11.4 Å². The van der Waals surface area contributed by atoms with Gasteiger partial charge < -0.3 is 4.42 Å². The van der Waals surface area contributed by atoms with Gasteiger partial charge in [0.2, 0.25) is 0 Å². The fourth-order valence-electron chi connectivity index (χ4n) is 3.68. The van der Waals surface area contributed by atoms with Crippen molar-refractivity contribution >= 4 is 11.0 Å². The third-order valence-electron chi connectivity index (χ3n) is 4.88. The summed E-state index contributed by atoms with van der Waals surface area (Å²) in [6.07, 6.45) is 5.76. The second kappa shape index (κ2) is 5.19. The number of para-hydroxylation sites is 1. The van der Waals surface area contributed by atoms with Crippen LogP contribution >= 0.6 is 0 Å². The van der Waals surface area contributed by atoms with Crippen LogP contribution in [0.1, 0.15) is 50.8 Å². The Kier molecular flexibility index (Phi) is 3.52. The maximum absolute atomic E-state index is 13.8. The summed E-state index contributed by atoms with van der Waals surface area (Å²) in [5.74, 6) is 6.23. The van der Waals surface area contributed by atoms with Crippen LogP contribution in [0.25, 0.3) is 11.0 Å².